The first-order valence-corrected chi connectivity index (χ1v) is 5.64. The van der Waals surface area contributed by atoms with E-state index in [0.29, 0.717) is 0 Å². The van der Waals surface area contributed by atoms with Gasteiger partial charge in [-0.05, 0) is 72.2 Å². The van der Waals surface area contributed by atoms with Crippen molar-refractivity contribution in [2.45, 2.75) is 38.5 Å². The van der Waals surface area contributed by atoms with Gasteiger partial charge < -0.3 is 0 Å². The van der Waals surface area contributed by atoms with Crippen LogP contribution in [-0.2, 0) is 0 Å². The molecule has 78 valence electrons. The summed E-state index contributed by atoms with van der Waals surface area (Å²) in [6, 6.07) is 0. The molecule has 0 atom stereocenters. The van der Waals surface area contributed by atoms with E-state index in [9.17, 15) is 0 Å². The molecular formula is C16H14. The topological polar surface area (TPSA) is 0 Å². The second-order valence-electron chi connectivity index (χ2n) is 3.44. The quantitative estimate of drug-likeness (QED) is 0.522. The number of rotatable bonds is 0. The van der Waals surface area contributed by atoms with Crippen LogP contribution in [0.4, 0.5) is 0 Å². The van der Waals surface area contributed by atoms with Gasteiger partial charge in [-0.15, -0.1) is 0 Å². The lowest BCUT2D eigenvalue weighted by Crippen LogP contribution is -1.75. The molecule has 1 aliphatic rings. The molecule has 0 fully saturated rings. The second kappa shape index (κ2) is 9.53. The van der Waals surface area contributed by atoms with Crippen LogP contribution in [0.5, 0.6) is 0 Å². The Morgan fingerprint density at radius 1 is 0.500 bits per heavy atom. The largest absolute Gasteiger partial charge is 0.0652 e. The molecule has 0 nitrogen and oxygen atoms in total. The van der Waals surface area contributed by atoms with Crippen LogP contribution in [0.15, 0.2) is 58.0 Å². The maximum absolute atomic E-state index is 2.91. The summed E-state index contributed by atoms with van der Waals surface area (Å²) in [5.74, 6) is 0. The highest BCUT2D eigenvalue weighted by atomic mass is 13.9. The summed E-state index contributed by atoms with van der Waals surface area (Å²) in [6.07, 6.45) is 11.1. The zero-order valence-corrected chi connectivity index (χ0v) is 9.40. The second-order valence-corrected chi connectivity index (χ2v) is 3.44. The Morgan fingerprint density at radius 2 is 0.938 bits per heavy atom. The third-order valence-electron chi connectivity index (χ3n) is 2.11. The van der Waals surface area contributed by atoms with Crippen LogP contribution in [0.2, 0.25) is 0 Å². The third-order valence-corrected chi connectivity index (χ3v) is 2.11. The predicted octanol–water partition coefficient (Wildman–Crippen LogP) is 4.14. The summed E-state index contributed by atoms with van der Waals surface area (Å²) in [6.45, 7) is 0. The molecule has 0 saturated heterocycles. The highest BCUT2D eigenvalue weighted by molar-refractivity contribution is 4.91. The van der Waals surface area contributed by atoms with Crippen molar-refractivity contribution < 1.29 is 0 Å². The number of hydrogen-bond acceptors (Lipinski definition) is 0. The van der Waals surface area contributed by atoms with Gasteiger partial charge in [-0.3, -0.25) is 0 Å². The van der Waals surface area contributed by atoms with Gasteiger partial charge in [0.2, 0.25) is 0 Å². The van der Waals surface area contributed by atoms with Crippen LogP contribution in [0.3, 0.4) is 0 Å². The summed E-state index contributed by atoms with van der Waals surface area (Å²) in [5, 5.41) is 0. The molecule has 16 heavy (non-hydrogen) atoms. The molecule has 0 saturated carbocycles. The maximum atomic E-state index is 2.91. The van der Waals surface area contributed by atoms with Crippen LogP contribution in [0.25, 0.3) is 0 Å². The molecule has 0 aliphatic heterocycles. The fourth-order valence-electron chi connectivity index (χ4n) is 1.29. The molecule has 1 rings (SSSR count). The van der Waals surface area contributed by atoms with Crippen LogP contribution in [-0.4, -0.2) is 0 Å². The van der Waals surface area contributed by atoms with Crippen LogP contribution < -0.4 is 0 Å². The molecule has 0 unspecified atom stereocenters. The van der Waals surface area contributed by atoms with Crippen molar-refractivity contribution >= 4 is 0 Å². The van der Waals surface area contributed by atoms with Crippen molar-refractivity contribution in [3.63, 3.8) is 0 Å². The van der Waals surface area contributed by atoms with E-state index in [0.717, 1.165) is 12.8 Å². The van der Waals surface area contributed by atoms with Gasteiger partial charge >= 0.3 is 0 Å². The van der Waals surface area contributed by atoms with E-state index in [2.05, 4.69) is 45.8 Å². The molecule has 0 aromatic heterocycles. The van der Waals surface area contributed by atoms with Gasteiger partial charge in [0.25, 0.3) is 0 Å². The zero-order chi connectivity index (χ0) is 11.3. The van der Waals surface area contributed by atoms with E-state index in [1.807, 2.05) is 12.2 Å². The Balaban J connectivity index is 2.95. The first-order chi connectivity index (χ1) is 8.00. The van der Waals surface area contributed by atoms with Crippen molar-refractivity contribution in [1.82, 2.24) is 0 Å². The van der Waals surface area contributed by atoms with E-state index in [1.54, 1.807) is 0 Å². The Hall–Kier alpha value is -2.02. The lowest BCUT2D eigenvalue weighted by Gasteiger charge is -1.94. The van der Waals surface area contributed by atoms with E-state index in [-0.39, 0.29) is 0 Å². The normalized spacial score (nSPS) is 15.0. The summed E-state index contributed by atoms with van der Waals surface area (Å²) in [4.78, 5) is 0. The van der Waals surface area contributed by atoms with Crippen molar-refractivity contribution in [3.05, 3.63) is 58.0 Å². The minimum absolute atomic E-state index is 1.06. The fraction of sp³-hybridized carbons (Fsp3) is 0.375. The van der Waals surface area contributed by atoms with E-state index in [4.69, 9.17) is 0 Å². The Labute approximate surface area is 97.0 Å². The average Bonchev–Trinajstić information content (AvgIpc) is 2.29. The van der Waals surface area contributed by atoms with Crippen LogP contribution >= 0.6 is 0 Å². The summed E-state index contributed by atoms with van der Waals surface area (Å²) in [7, 11) is 0. The maximum Gasteiger partial charge on any atom is -0.0000226 e. The van der Waals surface area contributed by atoms with Gasteiger partial charge in [0, 0.05) is 0 Å². The summed E-state index contributed by atoms with van der Waals surface area (Å²) >= 11 is 0. The molecule has 0 heterocycles. The standard InChI is InChI=1S/C16H14/c1-2-4-6-8-10-12-14-16-15-13-11-9-7-5-3-1/h1,14H,2,4,6,8,10,12H2. The van der Waals surface area contributed by atoms with Crippen molar-refractivity contribution in [2.75, 3.05) is 0 Å². The van der Waals surface area contributed by atoms with E-state index < -0.39 is 0 Å². The number of hydrogen-bond donors (Lipinski definition) is 0. The molecule has 0 aromatic rings. The SMILES string of the molecule is C1=C=C=C=C=CCCCCCCC=C=C=C=1. The monoisotopic (exact) mass is 206 g/mol. The minimum Gasteiger partial charge on any atom is -0.0652 e. The fourth-order valence-corrected chi connectivity index (χ4v) is 1.29. The van der Waals surface area contributed by atoms with Gasteiger partial charge in [-0.25, -0.2) is 0 Å². The first kappa shape index (κ1) is 12.1. The molecule has 0 bridgehead atoms. The average molecular weight is 206 g/mol. The summed E-state index contributed by atoms with van der Waals surface area (Å²) in [5.41, 5.74) is 21.9. The molecule has 0 heteroatoms. The van der Waals surface area contributed by atoms with Gasteiger partial charge in [0.1, 0.15) is 0 Å². The molecule has 0 N–H and O–H groups in total. The van der Waals surface area contributed by atoms with Crippen molar-refractivity contribution in [3.8, 4) is 0 Å². The Kier molecular flexibility index (Phi) is 7.18. The Bertz CT molecular complexity index is 461. The Morgan fingerprint density at radius 3 is 1.44 bits per heavy atom. The third kappa shape index (κ3) is 7.39. The zero-order valence-electron chi connectivity index (χ0n) is 9.40. The van der Waals surface area contributed by atoms with E-state index >= 15 is 0 Å². The predicted molar refractivity (Wildman–Crippen MR) is 64.9 cm³/mol. The van der Waals surface area contributed by atoms with Crippen LogP contribution in [0, 0.1) is 0 Å². The number of allylic oxidation sites excluding steroid dienone is 2. The molecule has 0 aromatic carbocycles. The van der Waals surface area contributed by atoms with E-state index in [1.165, 1.54) is 25.7 Å². The molecule has 0 spiro atoms. The lowest BCUT2D eigenvalue weighted by molar-refractivity contribution is 0.652. The van der Waals surface area contributed by atoms with Gasteiger partial charge in [0.15, 0.2) is 0 Å². The minimum atomic E-state index is 1.06. The molecule has 0 amide bonds. The smallest absolute Gasteiger partial charge is 0.0000226 e. The highest BCUT2D eigenvalue weighted by Crippen LogP contribution is 2.05. The first-order valence-electron chi connectivity index (χ1n) is 5.64. The van der Waals surface area contributed by atoms with Crippen molar-refractivity contribution in [1.29, 1.82) is 0 Å². The van der Waals surface area contributed by atoms with Gasteiger partial charge in [0.05, 0.1) is 0 Å². The van der Waals surface area contributed by atoms with Crippen molar-refractivity contribution in [2.24, 2.45) is 0 Å². The van der Waals surface area contributed by atoms with Gasteiger partial charge in [-0.1, -0.05) is 24.3 Å². The summed E-state index contributed by atoms with van der Waals surface area (Å²) < 4.78 is 0. The highest BCUT2D eigenvalue weighted by Gasteiger charge is 1.86. The molecule has 0 radical (unpaired) electrons. The molecular weight excluding hydrogens is 192 g/mol. The lowest BCUT2D eigenvalue weighted by atomic mass is 10.1. The van der Waals surface area contributed by atoms with Gasteiger partial charge in [-0.2, -0.15) is 0 Å². The molecule has 1 aliphatic carbocycles. The van der Waals surface area contributed by atoms with Crippen LogP contribution in [0.1, 0.15) is 38.5 Å².